The first-order valence-electron chi connectivity index (χ1n) is 5.21. The zero-order chi connectivity index (χ0) is 12.1. The van der Waals surface area contributed by atoms with Gasteiger partial charge in [-0.2, -0.15) is 0 Å². The number of carboxylic acid groups (broad SMARTS) is 1. The summed E-state index contributed by atoms with van der Waals surface area (Å²) in [6.07, 6.45) is 0. The third-order valence-electron chi connectivity index (χ3n) is 2.50. The maximum Gasteiger partial charge on any atom is 0.310 e. The molecule has 0 amide bonds. The Kier molecular flexibility index (Phi) is 4.68. The van der Waals surface area contributed by atoms with Gasteiger partial charge in [0.25, 0.3) is 0 Å². The Morgan fingerprint density at radius 3 is 2.38 bits per heavy atom. The van der Waals surface area contributed by atoms with Crippen molar-refractivity contribution in [3.8, 4) is 0 Å². The van der Waals surface area contributed by atoms with E-state index in [0.29, 0.717) is 11.5 Å². The lowest BCUT2D eigenvalue weighted by atomic mass is 10.0. The molecule has 3 nitrogen and oxygen atoms in total. The number of rotatable bonds is 5. The fraction of sp³-hybridized carbons (Fsp3) is 0.417. The molecule has 0 bridgehead atoms. The summed E-state index contributed by atoms with van der Waals surface area (Å²) in [4.78, 5) is 10.8. The molecule has 0 aliphatic rings. The van der Waals surface area contributed by atoms with Crippen LogP contribution in [-0.4, -0.2) is 21.0 Å². The van der Waals surface area contributed by atoms with Crippen molar-refractivity contribution >= 4 is 16.8 Å². The van der Waals surface area contributed by atoms with Gasteiger partial charge in [0.05, 0.1) is 5.92 Å². The highest BCUT2D eigenvalue weighted by Crippen LogP contribution is 2.16. The van der Waals surface area contributed by atoms with Crippen molar-refractivity contribution in [2.45, 2.75) is 25.5 Å². The van der Waals surface area contributed by atoms with Crippen LogP contribution in [-0.2, 0) is 21.3 Å². The summed E-state index contributed by atoms with van der Waals surface area (Å²) in [5.41, 5.74) is 1.76. The van der Waals surface area contributed by atoms with Gasteiger partial charge in [-0.3, -0.25) is 9.00 Å². The van der Waals surface area contributed by atoms with Crippen LogP contribution in [0, 0.1) is 0 Å². The standard InChI is InChI=1S/C12H16O3S/c1-3-16(15)8-10-4-6-11(7-5-10)9(2)12(13)14/h4-7,9H,3,8H2,1-2H3,(H,13,14). The molecule has 0 fully saturated rings. The van der Waals surface area contributed by atoms with Crippen molar-refractivity contribution in [2.24, 2.45) is 0 Å². The molecule has 0 saturated heterocycles. The lowest BCUT2D eigenvalue weighted by Crippen LogP contribution is -2.07. The summed E-state index contributed by atoms with van der Waals surface area (Å²) in [5, 5.41) is 8.84. The number of hydrogen-bond acceptors (Lipinski definition) is 2. The van der Waals surface area contributed by atoms with Crippen LogP contribution < -0.4 is 0 Å². The van der Waals surface area contributed by atoms with Crippen LogP contribution in [0.25, 0.3) is 0 Å². The van der Waals surface area contributed by atoms with Gasteiger partial charge in [-0.1, -0.05) is 31.2 Å². The summed E-state index contributed by atoms with van der Waals surface area (Å²) in [6, 6.07) is 7.28. The number of benzene rings is 1. The molecule has 0 aliphatic carbocycles. The van der Waals surface area contributed by atoms with E-state index in [0.717, 1.165) is 11.1 Å². The second-order valence-electron chi connectivity index (χ2n) is 3.67. The highest BCUT2D eigenvalue weighted by Gasteiger charge is 2.13. The van der Waals surface area contributed by atoms with Crippen molar-refractivity contribution < 1.29 is 14.1 Å². The van der Waals surface area contributed by atoms with Crippen molar-refractivity contribution in [1.29, 1.82) is 0 Å². The zero-order valence-corrected chi connectivity index (χ0v) is 10.3. The van der Waals surface area contributed by atoms with E-state index in [1.165, 1.54) is 0 Å². The van der Waals surface area contributed by atoms with Gasteiger partial charge in [-0.05, 0) is 18.1 Å². The Hall–Kier alpha value is -1.16. The number of hydrogen-bond donors (Lipinski definition) is 1. The van der Waals surface area contributed by atoms with E-state index in [1.807, 2.05) is 19.1 Å². The molecule has 0 radical (unpaired) electrons. The largest absolute Gasteiger partial charge is 0.481 e. The quantitative estimate of drug-likeness (QED) is 0.858. The summed E-state index contributed by atoms with van der Waals surface area (Å²) < 4.78 is 11.3. The van der Waals surface area contributed by atoms with E-state index < -0.39 is 22.7 Å². The second kappa shape index (κ2) is 5.80. The Morgan fingerprint density at radius 2 is 1.94 bits per heavy atom. The Labute approximate surface area is 98.0 Å². The third kappa shape index (κ3) is 3.45. The zero-order valence-electron chi connectivity index (χ0n) is 9.47. The Balaban J connectivity index is 2.75. The molecule has 2 unspecified atom stereocenters. The third-order valence-corrected chi connectivity index (χ3v) is 3.80. The average molecular weight is 240 g/mol. The van der Waals surface area contributed by atoms with Gasteiger partial charge in [-0.25, -0.2) is 0 Å². The monoisotopic (exact) mass is 240 g/mol. The molecule has 0 aromatic heterocycles. The fourth-order valence-corrected chi connectivity index (χ4v) is 2.10. The second-order valence-corrected chi connectivity index (χ2v) is 5.42. The van der Waals surface area contributed by atoms with Crippen LogP contribution in [0.1, 0.15) is 30.9 Å². The van der Waals surface area contributed by atoms with Crippen molar-refractivity contribution in [3.05, 3.63) is 35.4 Å². The van der Waals surface area contributed by atoms with E-state index >= 15 is 0 Å². The van der Waals surface area contributed by atoms with E-state index in [4.69, 9.17) is 5.11 Å². The minimum atomic E-state index is -0.829. The van der Waals surface area contributed by atoms with Gasteiger partial charge in [0.2, 0.25) is 0 Å². The molecule has 2 atom stereocenters. The van der Waals surface area contributed by atoms with E-state index in [9.17, 15) is 9.00 Å². The predicted octanol–water partition coefficient (Wildman–Crippen LogP) is 2.14. The summed E-state index contributed by atoms with van der Waals surface area (Å²) in [7, 11) is -0.820. The first-order valence-corrected chi connectivity index (χ1v) is 6.70. The first kappa shape index (κ1) is 12.9. The fourth-order valence-electron chi connectivity index (χ4n) is 1.33. The number of carboxylic acids is 1. The molecule has 0 spiro atoms. The topological polar surface area (TPSA) is 54.4 Å². The SMILES string of the molecule is CCS(=O)Cc1ccc(C(C)C(=O)O)cc1. The smallest absolute Gasteiger partial charge is 0.310 e. The van der Waals surface area contributed by atoms with Gasteiger partial charge in [0, 0.05) is 22.3 Å². The molecule has 16 heavy (non-hydrogen) atoms. The minimum absolute atomic E-state index is 0.495. The van der Waals surface area contributed by atoms with Crippen molar-refractivity contribution in [2.75, 3.05) is 5.75 Å². The maximum absolute atomic E-state index is 11.3. The molecule has 1 N–H and O–H groups in total. The van der Waals surface area contributed by atoms with Crippen LogP contribution in [0.2, 0.25) is 0 Å². The van der Waals surface area contributed by atoms with Gasteiger partial charge < -0.3 is 5.11 Å². The van der Waals surface area contributed by atoms with Gasteiger partial charge >= 0.3 is 5.97 Å². The summed E-state index contributed by atoms with van der Waals surface area (Å²) >= 11 is 0. The van der Waals surface area contributed by atoms with Gasteiger partial charge in [-0.15, -0.1) is 0 Å². The van der Waals surface area contributed by atoms with Crippen LogP contribution in [0.4, 0.5) is 0 Å². The van der Waals surface area contributed by atoms with Crippen LogP contribution in [0.3, 0.4) is 0 Å². The molecular formula is C12H16O3S. The van der Waals surface area contributed by atoms with Crippen molar-refractivity contribution in [3.63, 3.8) is 0 Å². The van der Waals surface area contributed by atoms with E-state index in [2.05, 4.69) is 0 Å². The molecular weight excluding hydrogens is 224 g/mol. The number of aliphatic carboxylic acids is 1. The molecule has 4 heteroatoms. The van der Waals surface area contributed by atoms with Crippen LogP contribution >= 0.6 is 0 Å². The Morgan fingerprint density at radius 1 is 1.38 bits per heavy atom. The van der Waals surface area contributed by atoms with Crippen LogP contribution in [0.5, 0.6) is 0 Å². The Bertz CT molecular complexity index is 384. The average Bonchev–Trinajstić information content (AvgIpc) is 2.28. The lowest BCUT2D eigenvalue weighted by molar-refractivity contribution is -0.138. The van der Waals surface area contributed by atoms with Crippen molar-refractivity contribution in [1.82, 2.24) is 0 Å². The first-order chi connectivity index (χ1) is 7.54. The molecule has 1 aromatic carbocycles. The molecule has 0 aliphatic heterocycles. The minimum Gasteiger partial charge on any atom is -0.481 e. The molecule has 0 heterocycles. The highest BCUT2D eigenvalue weighted by atomic mass is 32.2. The molecule has 1 rings (SSSR count). The molecule has 0 saturated carbocycles. The molecule has 1 aromatic rings. The van der Waals surface area contributed by atoms with E-state index in [1.54, 1.807) is 19.1 Å². The summed E-state index contributed by atoms with van der Waals surface area (Å²) in [6.45, 7) is 3.54. The lowest BCUT2D eigenvalue weighted by Gasteiger charge is -2.07. The summed E-state index contributed by atoms with van der Waals surface area (Å²) in [5.74, 6) is -0.137. The maximum atomic E-state index is 11.3. The number of carbonyl (C=O) groups is 1. The predicted molar refractivity (Wildman–Crippen MR) is 64.9 cm³/mol. The van der Waals surface area contributed by atoms with Gasteiger partial charge in [0.1, 0.15) is 0 Å². The van der Waals surface area contributed by atoms with E-state index in [-0.39, 0.29) is 0 Å². The van der Waals surface area contributed by atoms with Gasteiger partial charge in [0.15, 0.2) is 0 Å². The normalized spacial score (nSPS) is 14.4. The highest BCUT2D eigenvalue weighted by molar-refractivity contribution is 7.84. The molecule has 88 valence electrons. The van der Waals surface area contributed by atoms with Crippen LogP contribution in [0.15, 0.2) is 24.3 Å².